The van der Waals surface area contributed by atoms with Gasteiger partial charge in [0.05, 0.1) is 12.3 Å². The number of aryl methyl sites for hydroxylation is 2. The summed E-state index contributed by atoms with van der Waals surface area (Å²) in [6.45, 7) is 8.59. The molecule has 0 saturated carbocycles. The molecule has 2 rings (SSSR count). The summed E-state index contributed by atoms with van der Waals surface area (Å²) in [4.78, 5) is 14.5. The lowest BCUT2D eigenvalue weighted by molar-refractivity contribution is 0.159. The average molecular weight is 323 g/mol. The van der Waals surface area contributed by atoms with Crippen LogP contribution in [0.5, 0.6) is 0 Å². The lowest BCUT2D eigenvalue weighted by atomic mass is 10.1. The molecular weight excluding hydrogens is 294 g/mol. The molecule has 1 aromatic heterocycles. The number of hydrogen-bond donors (Lipinski definition) is 2. The molecule has 0 aliphatic carbocycles. The van der Waals surface area contributed by atoms with Gasteiger partial charge in [-0.05, 0) is 32.2 Å². The van der Waals surface area contributed by atoms with Crippen molar-refractivity contribution in [3.63, 3.8) is 0 Å². The Morgan fingerprint density at radius 1 is 1.48 bits per heavy atom. The monoisotopic (exact) mass is 323 g/mol. The van der Waals surface area contributed by atoms with E-state index in [-0.39, 0.29) is 6.03 Å². The lowest BCUT2D eigenvalue weighted by Gasteiger charge is -2.16. The molecule has 0 unspecified atom stereocenters. The van der Waals surface area contributed by atoms with Crippen LogP contribution in [0.1, 0.15) is 24.6 Å². The number of hydrogen-bond acceptors (Lipinski definition) is 4. The maximum absolute atomic E-state index is 12.1. The van der Waals surface area contributed by atoms with Crippen LogP contribution >= 0.6 is 0 Å². The Morgan fingerprint density at radius 3 is 2.91 bits per heavy atom. The Morgan fingerprint density at radius 2 is 2.26 bits per heavy atom. The highest BCUT2D eigenvalue weighted by Gasteiger charge is 2.22. The summed E-state index contributed by atoms with van der Waals surface area (Å²) < 4.78 is 6.84. The molecule has 1 fully saturated rings. The van der Waals surface area contributed by atoms with Gasteiger partial charge in [-0.1, -0.05) is 6.92 Å². The minimum absolute atomic E-state index is 0.158. The number of rotatable bonds is 7. The minimum atomic E-state index is -0.158. The topological polar surface area (TPSA) is 71.4 Å². The Hall–Kier alpha value is -1.60. The molecule has 23 heavy (non-hydrogen) atoms. The van der Waals surface area contributed by atoms with E-state index in [1.165, 1.54) is 0 Å². The number of ether oxygens (including phenoxy) is 1. The predicted molar refractivity (Wildman–Crippen MR) is 90.8 cm³/mol. The van der Waals surface area contributed by atoms with E-state index in [2.05, 4.69) is 27.6 Å². The molecule has 2 amide bonds. The molecule has 2 N–H and O–H groups in total. The highest BCUT2D eigenvalue weighted by Crippen LogP contribution is 2.18. The van der Waals surface area contributed by atoms with Gasteiger partial charge in [0.15, 0.2) is 0 Å². The van der Waals surface area contributed by atoms with Gasteiger partial charge in [0.1, 0.15) is 5.82 Å². The summed E-state index contributed by atoms with van der Waals surface area (Å²) in [6.07, 6.45) is 1.98. The van der Waals surface area contributed by atoms with Crippen molar-refractivity contribution in [2.45, 2.75) is 26.7 Å². The first-order valence-corrected chi connectivity index (χ1v) is 8.33. The number of carbonyl (C=O) groups excluding carboxylic acids is 1. The summed E-state index contributed by atoms with van der Waals surface area (Å²) in [5.41, 5.74) is 2.06. The second kappa shape index (κ2) is 8.31. The van der Waals surface area contributed by atoms with Crippen molar-refractivity contribution >= 4 is 11.8 Å². The second-order valence-electron chi connectivity index (χ2n) is 6.18. The minimum Gasteiger partial charge on any atom is -0.383 e. The third-order valence-electron chi connectivity index (χ3n) is 4.48. The molecule has 1 aliphatic rings. The molecule has 1 aromatic rings. The van der Waals surface area contributed by atoms with E-state index in [4.69, 9.17) is 4.74 Å². The van der Waals surface area contributed by atoms with Crippen LogP contribution < -0.4 is 10.6 Å². The fourth-order valence-corrected chi connectivity index (χ4v) is 3.09. The van der Waals surface area contributed by atoms with Gasteiger partial charge in [0.25, 0.3) is 0 Å². The number of nitrogens with one attached hydrogen (secondary N) is 2. The molecule has 1 aliphatic heterocycles. The third kappa shape index (κ3) is 4.68. The average Bonchev–Trinajstić information content (AvgIpc) is 3.10. The molecule has 1 atom stereocenters. The Labute approximate surface area is 138 Å². The number of nitrogens with zero attached hydrogens (tertiary/aromatic N) is 3. The molecule has 1 saturated heterocycles. The summed E-state index contributed by atoms with van der Waals surface area (Å²) >= 11 is 0. The molecule has 130 valence electrons. The fourth-order valence-electron chi connectivity index (χ4n) is 3.09. The van der Waals surface area contributed by atoms with E-state index in [0.29, 0.717) is 12.5 Å². The van der Waals surface area contributed by atoms with Crippen molar-refractivity contribution in [1.82, 2.24) is 20.0 Å². The molecular formula is C16H29N5O2. The van der Waals surface area contributed by atoms with E-state index in [1.807, 2.05) is 14.0 Å². The number of likely N-dealkylation sites (tertiary alicyclic amines) is 1. The van der Waals surface area contributed by atoms with Gasteiger partial charge in [0.2, 0.25) is 0 Å². The largest absolute Gasteiger partial charge is 0.383 e. The summed E-state index contributed by atoms with van der Waals surface area (Å²) in [7, 11) is 3.58. The van der Waals surface area contributed by atoms with E-state index in [1.54, 1.807) is 11.8 Å². The van der Waals surface area contributed by atoms with Crippen LogP contribution in [-0.4, -0.2) is 60.6 Å². The van der Waals surface area contributed by atoms with Crippen LogP contribution in [0.15, 0.2) is 0 Å². The van der Waals surface area contributed by atoms with Crippen molar-refractivity contribution in [2.75, 3.05) is 45.2 Å². The Bertz CT molecular complexity index is 529. The molecule has 0 radical (unpaired) electrons. The van der Waals surface area contributed by atoms with Crippen LogP contribution in [0.3, 0.4) is 0 Å². The molecule has 0 bridgehead atoms. The molecule has 7 nitrogen and oxygen atoms in total. The van der Waals surface area contributed by atoms with Crippen molar-refractivity contribution in [3.8, 4) is 0 Å². The van der Waals surface area contributed by atoms with Crippen molar-refractivity contribution in [2.24, 2.45) is 13.0 Å². The van der Waals surface area contributed by atoms with E-state index in [9.17, 15) is 4.79 Å². The quantitative estimate of drug-likeness (QED) is 0.795. The van der Waals surface area contributed by atoms with Crippen LogP contribution in [0.25, 0.3) is 0 Å². The zero-order valence-corrected chi connectivity index (χ0v) is 14.7. The first kappa shape index (κ1) is 17.7. The number of urea groups is 1. The van der Waals surface area contributed by atoms with E-state index < -0.39 is 0 Å². The van der Waals surface area contributed by atoms with Gasteiger partial charge in [0, 0.05) is 39.4 Å². The second-order valence-corrected chi connectivity index (χ2v) is 6.18. The Kier molecular flexibility index (Phi) is 6.41. The van der Waals surface area contributed by atoms with Crippen molar-refractivity contribution in [3.05, 3.63) is 11.3 Å². The number of amides is 2. The van der Waals surface area contributed by atoms with Crippen LogP contribution in [0, 0.1) is 12.8 Å². The van der Waals surface area contributed by atoms with Crippen LogP contribution in [0.4, 0.5) is 10.6 Å². The van der Waals surface area contributed by atoms with E-state index >= 15 is 0 Å². The van der Waals surface area contributed by atoms with Gasteiger partial charge in [-0.15, -0.1) is 0 Å². The molecule has 7 heteroatoms. The highest BCUT2D eigenvalue weighted by molar-refractivity contribution is 5.89. The molecule has 0 aromatic carbocycles. The molecule has 2 heterocycles. The normalized spacial score (nSPS) is 18.3. The third-order valence-corrected chi connectivity index (χ3v) is 4.48. The van der Waals surface area contributed by atoms with Gasteiger partial charge in [-0.25, -0.2) is 4.79 Å². The molecule has 0 spiro atoms. The first-order chi connectivity index (χ1) is 11.0. The summed E-state index contributed by atoms with van der Waals surface area (Å²) in [6, 6.07) is -0.158. The highest BCUT2D eigenvalue weighted by atomic mass is 16.5. The maximum Gasteiger partial charge on any atom is 0.320 e. The lowest BCUT2D eigenvalue weighted by Crippen LogP contribution is -2.35. The van der Waals surface area contributed by atoms with Gasteiger partial charge >= 0.3 is 6.03 Å². The number of aromatic nitrogens is 2. The van der Waals surface area contributed by atoms with Crippen LogP contribution in [-0.2, 0) is 18.2 Å². The van der Waals surface area contributed by atoms with Gasteiger partial charge in [-0.2, -0.15) is 5.10 Å². The van der Waals surface area contributed by atoms with Gasteiger partial charge < -0.3 is 15.0 Å². The van der Waals surface area contributed by atoms with E-state index in [0.717, 1.165) is 56.2 Å². The predicted octanol–water partition coefficient (Wildman–Crippen LogP) is 1.38. The zero-order valence-electron chi connectivity index (χ0n) is 14.7. The van der Waals surface area contributed by atoms with Crippen molar-refractivity contribution < 1.29 is 9.53 Å². The maximum atomic E-state index is 12.1. The summed E-state index contributed by atoms with van der Waals surface area (Å²) in [5.74, 6) is 1.28. The van der Waals surface area contributed by atoms with Crippen LogP contribution in [0.2, 0.25) is 0 Å². The zero-order chi connectivity index (χ0) is 16.8. The number of carbonyl (C=O) groups is 1. The number of methoxy groups -OCH3 is 1. The fraction of sp³-hybridized carbons (Fsp3) is 0.750. The summed E-state index contributed by atoms with van der Waals surface area (Å²) in [5, 5.41) is 10.3. The first-order valence-electron chi connectivity index (χ1n) is 8.33. The SMILES string of the molecule is CCc1nn(C)c(NC(=O)NC[C@H]2CCN(CCOC)C2)c1C. The van der Waals surface area contributed by atoms with Gasteiger partial charge in [-0.3, -0.25) is 10.00 Å². The Balaban J connectivity index is 1.77. The number of anilines is 1. The standard InChI is InChI=1S/C16H29N5O2/c1-5-14-12(2)15(20(3)19-14)18-16(22)17-10-13-6-7-21(11-13)8-9-23-4/h13H,5-11H2,1-4H3,(H2,17,18,22)/t13-/m1/s1. The van der Waals surface area contributed by atoms with Crippen molar-refractivity contribution in [1.29, 1.82) is 0 Å². The smallest absolute Gasteiger partial charge is 0.320 e.